The molecule has 3 atom stereocenters. The zero-order valence-electron chi connectivity index (χ0n) is 11.7. The Bertz CT molecular complexity index is 202. The molecule has 1 heterocycles. The number of hydrogen-bond acceptors (Lipinski definition) is 4. The number of ether oxygens (including phenoxy) is 2. The average molecular weight is 244 g/mol. The molecule has 0 spiro atoms. The lowest BCUT2D eigenvalue weighted by molar-refractivity contribution is 0.0333. The molecular weight excluding hydrogens is 216 g/mol. The number of hydrogen-bond donors (Lipinski definition) is 1. The Labute approximate surface area is 106 Å². The van der Waals surface area contributed by atoms with E-state index in [1.165, 1.54) is 6.42 Å². The first kappa shape index (κ1) is 14.9. The van der Waals surface area contributed by atoms with Crippen molar-refractivity contribution in [3.63, 3.8) is 0 Å². The highest BCUT2D eigenvalue weighted by molar-refractivity contribution is 4.84. The maximum atomic E-state index is 5.28. The molecule has 0 amide bonds. The molecule has 17 heavy (non-hydrogen) atoms. The Morgan fingerprint density at radius 2 is 2.06 bits per heavy atom. The van der Waals surface area contributed by atoms with Crippen LogP contribution in [0.3, 0.4) is 0 Å². The molecule has 0 saturated carbocycles. The van der Waals surface area contributed by atoms with Crippen molar-refractivity contribution in [3.8, 4) is 0 Å². The molecule has 1 aliphatic heterocycles. The van der Waals surface area contributed by atoms with Gasteiger partial charge in [-0.3, -0.25) is 4.90 Å². The number of nitrogens with zero attached hydrogens (tertiary/aromatic N) is 1. The van der Waals surface area contributed by atoms with Crippen LogP contribution in [0, 0.1) is 5.92 Å². The minimum Gasteiger partial charge on any atom is -0.383 e. The number of nitrogens with one attached hydrogen (secondary N) is 1. The van der Waals surface area contributed by atoms with E-state index in [2.05, 4.69) is 24.1 Å². The van der Waals surface area contributed by atoms with Gasteiger partial charge in [0.25, 0.3) is 0 Å². The van der Waals surface area contributed by atoms with Gasteiger partial charge in [-0.1, -0.05) is 6.92 Å². The van der Waals surface area contributed by atoms with Crippen LogP contribution in [0.5, 0.6) is 0 Å². The van der Waals surface area contributed by atoms with Crippen LogP contribution in [-0.4, -0.2) is 64.1 Å². The number of rotatable bonds is 7. The molecule has 1 fully saturated rings. The molecule has 4 heteroatoms. The van der Waals surface area contributed by atoms with Gasteiger partial charge in [0, 0.05) is 39.4 Å². The van der Waals surface area contributed by atoms with Crippen LogP contribution in [0.15, 0.2) is 0 Å². The summed E-state index contributed by atoms with van der Waals surface area (Å²) in [7, 11) is 3.54. The van der Waals surface area contributed by atoms with Crippen LogP contribution in [0.4, 0.5) is 0 Å². The van der Waals surface area contributed by atoms with Gasteiger partial charge in [-0.25, -0.2) is 0 Å². The van der Waals surface area contributed by atoms with Gasteiger partial charge in [-0.2, -0.15) is 0 Å². The summed E-state index contributed by atoms with van der Waals surface area (Å²) in [5, 5.41) is 3.52. The molecule has 1 aliphatic rings. The molecule has 0 aromatic carbocycles. The summed E-state index contributed by atoms with van der Waals surface area (Å²) in [6.07, 6.45) is 1.27. The normalized spacial score (nSPS) is 27.4. The minimum atomic E-state index is 0.451. The van der Waals surface area contributed by atoms with Crippen molar-refractivity contribution in [1.29, 1.82) is 0 Å². The highest BCUT2D eigenvalue weighted by Gasteiger charge is 2.27. The Morgan fingerprint density at radius 1 is 1.29 bits per heavy atom. The smallest absolute Gasteiger partial charge is 0.0615 e. The summed E-state index contributed by atoms with van der Waals surface area (Å²) in [6, 6.07) is 1.06. The lowest BCUT2D eigenvalue weighted by Gasteiger charge is -2.40. The average Bonchev–Trinajstić information content (AvgIpc) is 2.30. The van der Waals surface area contributed by atoms with E-state index in [4.69, 9.17) is 9.47 Å². The van der Waals surface area contributed by atoms with Crippen molar-refractivity contribution in [1.82, 2.24) is 10.2 Å². The zero-order valence-corrected chi connectivity index (χ0v) is 11.7. The molecule has 4 nitrogen and oxygen atoms in total. The predicted octanol–water partition coefficient (Wildman–Crippen LogP) is 0.968. The Hall–Kier alpha value is -0.160. The third kappa shape index (κ3) is 4.92. The van der Waals surface area contributed by atoms with Gasteiger partial charge in [0.05, 0.1) is 13.2 Å². The third-order valence-electron chi connectivity index (χ3n) is 3.54. The van der Waals surface area contributed by atoms with Crippen molar-refractivity contribution < 1.29 is 9.47 Å². The summed E-state index contributed by atoms with van der Waals surface area (Å²) < 4.78 is 10.5. The molecule has 1 rings (SSSR count). The summed E-state index contributed by atoms with van der Waals surface area (Å²) in [5.74, 6) is 0.758. The molecule has 102 valence electrons. The second-order valence-corrected chi connectivity index (χ2v) is 5.19. The largest absolute Gasteiger partial charge is 0.383 e. The van der Waals surface area contributed by atoms with Gasteiger partial charge in [0.2, 0.25) is 0 Å². The number of piperidine rings is 1. The quantitative estimate of drug-likeness (QED) is 0.723. The third-order valence-corrected chi connectivity index (χ3v) is 3.54. The van der Waals surface area contributed by atoms with E-state index in [-0.39, 0.29) is 0 Å². The molecule has 0 aromatic rings. The van der Waals surface area contributed by atoms with Crippen LogP contribution < -0.4 is 5.32 Å². The van der Waals surface area contributed by atoms with E-state index in [1.807, 2.05) is 0 Å². The fourth-order valence-corrected chi connectivity index (χ4v) is 2.68. The van der Waals surface area contributed by atoms with E-state index in [0.717, 1.165) is 38.8 Å². The van der Waals surface area contributed by atoms with Crippen LogP contribution >= 0.6 is 0 Å². The van der Waals surface area contributed by atoms with Crippen LogP contribution in [0.1, 0.15) is 20.3 Å². The molecule has 1 saturated heterocycles. The Kier molecular flexibility index (Phi) is 7.04. The first-order valence-corrected chi connectivity index (χ1v) is 6.63. The molecule has 1 N–H and O–H groups in total. The Morgan fingerprint density at radius 3 is 2.65 bits per heavy atom. The Balaban J connectivity index is 2.53. The topological polar surface area (TPSA) is 33.7 Å². The lowest BCUT2D eigenvalue weighted by Crippen LogP contribution is -2.53. The van der Waals surface area contributed by atoms with Gasteiger partial charge < -0.3 is 14.8 Å². The second kappa shape index (κ2) is 8.03. The molecule has 0 aliphatic carbocycles. The van der Waals surface area contributed by atoms with E-state index in [9.17, 15) is 0 Å². The highest BCUT2D eigenvalue weighted by Crippen LogP contribution is 2.17. The SMILES string of the molecule is COCCN(C(C)COC)C1CNCC(C)C1. The lowest BCUT2D eigenvalue weighted by atomic mass is 9.95. The first-order chi connectivity index (χ1) is 8.19. The maximum absolute atomic E-state index is 5.28. The maximum Gasteiger partial charge on any atom is 0.0615 e. The van der Waals surface area contributed by atoms with Crippen molar-refractivity contribution >= 4 is 0 Å². The number of methoxy groups -OCH3 is 2. The van der Waals surface area contributed by atoms with Crippen molar-refractivity contribution in [2.75, 3.05) is 47.1 Å². The molecular formula is C13H28N2O2. The van der Waals surface area contributed by atoms with Gasteiger partial charge in [0.15, 0.2) is 0 Å². The van der Waals surface area contributed by atoms with Gasteiger partial charge in [-0.15, -0.1) is 0 Å². The fraction of sp³-hybridized carbons (Fsp3) is 1.00. The summed E-state index contributed by atoms with van der Waals surface area (Å²) in [4.78, 5) is 2.52. The van der Waals surface area contributed by atoms with E-state index in [1.54, 1.807) is 14.2 Å². The van der Waals surface area contributed by atoms with Crippen molar-refractivity contribution in [2.24, 2.45) is 5.92 Å². The standard InChI is InChI=1S/C13H28N2O2/c1-11-7-13(9-14-8-11)15(5-6-16-3)12(2)10-17-4/h11-14H,5-10H2,1-4H3. The summed E-state index contributed by atoms with van der Waals surface area (Å²) in [5.41, 5.74) is 0. The van der Waals surface area contributed by atoms with E-state index < -0.39 is 0 Å². The molecule has 0 bridgehead atoms. The first-order valence-electron chi connectivity index (χ1n) is 6.63. The van der Waals surface area contributed by atoms with Gasteiger partial charge in [0.1, 0.15) is 0 Å². The molecule has 0 aromatic heterocycles. The van der Waals surface area contributed by atoms with Crippen molar-refractivity contribution in [2.45, 2.75) is 32.4 Å². The monoisotopic (exact) mass is 244 g/mol. The molecule has 3 unspecified atom stereocenters. The summed E-state index contributed by atoms with van der Waals surface area (Å²) >= 11 is 0. The zero-order chi connectivity index (χ0) is 12.7. The highest BCUT2D eigenvalue weighted by atomic mass is 16.5. The van der Waals surface area contributed by atoms with Crippen molar-refractivity contribution in [3.05, 3.63) is 0 Å². The van der Waals surface area contributed by atoms with Crippen LogP contribution in [0.25, 0.3) is 0 Å². The van der Waals surface area contributed by atoms with Crippen LogP contribution in [0.2, 0.25) is 0 Å². The molecule has 0 radical (unpaired) electrons. The minimum absolute atomic E-state index is 0.451. The van der Waals surface area contributed by atoms with Gasteiger partial charge in [-0.05, 0) is 25.8 Å². The van der Waals surface area contributed by atoms with Crippen LogP contribution in [-0.2, 0) is 9.47 Å². The second-order valence-electron chi connectivity index (χ2n) is 5.19. The fourth-order valence-electron chi connectivity index (χ4n) is 2.68. The van der Waals surface area contributed by atoms with E-state index in [0.29, 0.717) is 12.1 Å². The predicted molar refractivity (Wildman–Crippen MR) is 70.4 cm³/mol. The summed E-state index contributed by atoms with van der Waals surface area (Å²) in [6.45, 7) is 9.34. The van der Waals surface area contributed by atoms with E-state index >= 15 is 0 Å². The van der Waals surface area contributed by atoms with Gasteiger partial charge >= 0.3 is 0 Å².